The molecule has 3 atom stereocenters. The maximum Gasteiger partial charge on any atom is 0.154 e. The van der Waals surface area contributed by atoms with Gasteiger partial charge in [-0.15, -0.1) is 0 Å². The van der Waals surface area contributed by atoms with E-state index >= 15 is 0 Å². The van der Waals surface area contributed by atoms with Crippen molar-refractivity contribution in [2.75, 3.05) is 25.2 Å². The largest absolute Gasteiger partial charge is 0.376 e. The maximum atomic E-state index is 11.4. The van der Waals surface area contributed by atoms with Crippen molar-refractivity contribution >= 4 is 25.8 Å². The average Bonchev–Trinajstić information content (AvgIpc) is 2.48. The molecule has 1 aliphatic heterocycles. The van der Waals surface area contributed by atoms with Gasteiger partial charge in [-0.1, -0.05) is 22.9 Å². The lowest BCUT2D eigenvalue weighted by Crippen LogP contribution is -2.36. The van der Waals surface area contributed by atoms with Crippen LogP contribution in [0.3, 0.4) is 0 Å². The van der Waals surface area contributed by atoms with Gasteiger partial charge in [-0.25, -0.2) is 8.42 Å². The predicted octanol–water partition coefficient (Wildman–Crippen LogP) is 1.38. The van der Waals surface area contributed by atoms with Crippen molar-refractivity contribution in [3.63, 3.8) is 0 Å². The summed E-state index contributed by atoms with van der Waals surface area (Å²) < 4.78 is 33.7. The number of alkyl halides is 1. The zero-order valence-corrected chi connectivity index (χ0v) is 12.3. The second kappa shape index (κ2) is 5.33. The van der Waals surface area contributed by atoms with E-state index in [0.717, 1.165) is 6.42 Å². The molecule has 1 aliphatic rings. The molecule has 6 heteroatoms. The molecule has 0 saturated carbocycles. The van der Waals surface area contributed by atoms with E-state index in [9.17, 15) is 8.42 Å². The third-order valence-corrected chi connectivity index (χ3v) is 6.12. The summed E-state index contributed by atoms with van der Waals surface area (Å²) in [6, 6.07) is 0. The molecule has 0 spiro atoms. The molecule has 0 aliphatic carbocycles. The van der Waals surface area contributed by atoms with Crippen molar-refractivity contribution in [2.45, 2.75) is 36.8 Å². The highest BCUT2D eigenvalue weighted by Crippen LogP contribution is 2.24. The highest BCUT2D eigenvalue weighted by atomic mass is 79.9. The molecule has 0 bridgehead atoms. The van der Waals surface area contributed by atoms with E-state index in [-0.39, 0.29) is 28.0 Å². The van der Waals surface area contributed by atoms with Crippen molar-refractivity contribution in [1.29, 1.82) is 0 Å². The lowest BCUT2D eigenvalue weighted by molar-refractivity contribution is -0.0805. The van der Waals surface area contributed by atoms with Crippen molar-refractivity contribution in [1.82, 2.24) is 0 Å². The van der Waals surface area contributed by atoms with Crippen LogP contribution in [0.1, 0.15) is 20.3 Å². The molecule has 0 aromatic carbocycles. The van der Waals surface area contributed by atoms with Crippen molar-refractivity contribution in [3.8, 4) is 0 Å². The third kappa shape index (κ3) is 3.68. The van der Waals surface area contributed by atoms with Crippen LogP contribution in [0.25, 0.3) is 0 Å². The molecule has 1 fully saturated rings. The number of rotatable bonds is 5. The Labute approximate surface area is 106 Å². The molecule has 0 radical (unpaired) electrons. The van der Waals surface area contributed by atoms with Crippen LogP contribution < -0.4 is 0 Å². The van der Waals surface area contributed by atoms with Crippen LogP contribution in [0.2, 0.25) is 0 Å². The average molecular weight is 315 g/mol. The summed E-state index contributed by atoms with van der Waals surface area (Å²) in [6.45, 7) is 4.39. The minimum atomic E-state index is -2.94. The Balaban J connectivity index is 2.51. The fourth-order valence-corrected chi connectivity index (χ4v) is 4.97. The van der Waals surface area contributed by atoms with Gasteiger partial charge in [0.25, 0.3) is 0 Å². The Morgan fingerprint density at radius 2 is 2.06 bits per heavy atom. The van der Waals surface area contributed by atoms with Gasteiger partial charge in [0.1, 0.15) is 0 Å². The first-order valence-electron chi connectivity index (χ1n) is 5.33. The smallest absolute Gasteiger partial charge is 0.154 e. The fraction of sp³-hybridized carbons (Fsp3) is 1.00. The topological polar surface area (TPSA) is 52.6 Å². The molecule has 0 aromatic rings. The zero-order chi connectivity index (χ0) is 12.4. The summed E-state index contributed by atoms with van der Waals surface area (Å²) in [4.78, 5) is -0.101. The van der Waals surface area contributed by atoms with Gasteiger partial charge < -0.3 is 9.47 Å². The first-order valence-corrected chi connectivity index (χ1v) is 8.07. The summed E-state index contributed by atoms with van der Waals surface area (Å²) in [6.07, 6.45) is 0.571. The Bertz CT molecular complexity index is 324. The van der Waals surface area contributed by atoms with Crippen LogP contribution in [0, 0.1) is 0 Å². The van der Waals surface area contributed by atoms with Crippen molar-refractivity contribution in [2.24, 2.45) is 0 Å². The van der Waals surface area contributed by atoms with E-state index < -0.39 is 9.84 Å². The Morgan fingerprint density at radius 1 is 1.44 bits per heavy atom. The summed E-state index contributed by atoms with van der Waals surface area (Å²) >= 11 is 3.35. The molecule has 0 amide bonds. The molecule has 1 rings (SSSR count). The second-order valence-electron chi connectivity index (χ2n) is 4.45. The van der Waals surface area contributed by atoms with Gasteiger partial charge in [-0.2, -0.15) is 0 Å². The number of hydrogen-bond donors (Lipinski definition) is 0. The zero-order valence-electron chi connectivity index (χ0n) is 9.90. The SMILES string of the molecule is CCC(C)(COC1CS(=O)(=O)CC1Br)OC. The lowest BCUT2D eigenvalue weighted by atomic mass is 10.1. The first-order chi connectivity index (χ1) is 7.32. The minimum absolute atomic E-state index is 0.101. The highest BCUT2D eigenvalue weighted by Gasteiger charge is 2.38. The molecule has 1 heterocycles. The molecule has 4 nitrogen and oxygen atoms in total. The van der Waals surface area contributed by atoms with E-state index in [1.165, 1.54) is 0 Å². The second-order valence-corrected chi connectivity index (χ2v) is 7.78. The van der Waals surface area contributed by atoms with Crippen molar-refractivity contribution in [3.05, 3.63) is 0 Å². The first kappa shape index (κ1) is 14.4. The third-order valence-electron chi connectivity index (χ3n) is 3.08. The van der Waals surface area contributed by atoms with E-state index in [1.54, 1.807) is 7.11 Å². The number of methoxy groups -OCH3 is 1. The Morgan fingerprint density at radius 3 is 2.44 bits per heavy atom. The van der Waals surface area contributed by atoms with Crippen LogP contribution in [0.4, 0.5) is 0 Å². The van der Waals surface area contributed by atoms with Crippen LogP contribution >= 0.6 is 15.9 Å². The monoisotopic (exact) mass is 314 g/mol. The van der Waals surface area contributed by atoms with E-state index in [2.05, 4.69) is 15.9 Å². The van der Waals surface area contributed by atoms with Crippen molar-refractivity contribution < 1.29 is 17.9 Å². The summed E-state index contributed by atoms with van der Waals surface area (Å²) in [5, 5.41) is 0. The molecule has 3 unspecified atom stereocenters. The number of ether oxygens (including phenoxy) is 2. The van der Waals surface area contributed by atoms with Crippen LogP contribution in [-0.4, -0.2) is 50.2 Å². The molecule has 96 valence electrons. The molecule has 0 N–H and O–H groups in total. The van der Waals surface area contributed by atoms with Gasteiger partial charge in [0, 0.05) is 7.11 Å². The summed E-state index contributed by atoms with van der Waals surface area (Å²) in [5.74, 6) is 0.264. The van der Waals surface area contributed by atoms with E-state index in [4.69, 9.17) is 9.47 Å². The number of sulfone groups is 1. The van der Waals surface area contributed by atoms with E-state index in [1.807, 2.05) is 13.8 Å². The molecule has 0 aromatic heterocycles. The van der Waals surface area contributed by atoms with Crippen LogP contribution in [0.15, 0.2) is 0 Å². The number of halogens is 1. The Hall–Kier alpha value is 0.350. The molecular weight excluding hydrogens is 296 g/mol. The molecular formula is C10H19BrO4S. The van der Waals surface area contributed by atoms with Crippen LogP contribution in [0.5, 0.6) is 0 Å². The Kier molecular flexibility index (Phi) is 4.80. The normalized spacial score (nSPS) is 32.5. The maximum absolute atomic E-state index is 11.4. The van der Waals surface area contributed by atoms with Crippen LogP contribution in [-0.2, 0) is 19.3 Å². The van der Waals surface area contributed by atoms with Gasteiger partial charge in [-0.3, -0.25) is 0 Å². The molecule has 16 heavy (non-hydrogen) atoms. The summed E-state index contributed by atoms with van der Waals surface area (Å²) in [5.41, 5.74) is -0.334. The van der Waals surface area contributed by atoms with Gasteiger partial charge >= 0.3 is 0 Å². The standard InChI is InChI=1S/C10H19BrO4S/c1-4-10(2,14-3)7-15-9-6-16(12,13)5-8(9)11/h8-9H,4-7H2,1-3H3. The van der Waals surface area contributed by atoms with Gasteiger partial charge in [0.05, 0.1) is 34.6 Å². The van der Waals surface area contributed by atoms with E-state index in [0.29, 0.717) is 6.61 Å². The predicted molar refractivity (Wildman–Crippen MR) is 66.8 cm³/mol. The van der Waals surface area contributed by atoms with Gasteiger partial charge in [-0.05, 0) is 13.3 Å². The molecule has 1 saturated heterocycles. The number of hydrogen-bond acceptors (Lipinski definition) is 4. The van der Waals surface area contributed by atoms with Gasteiger partial charge in [0.15, 0.2) is 9.84 Å². The lowest BCUT2D eigenvalue weighted by Gasteiger charge is -2.28. The fourth-order valence-electron chi connectivity index (χ4n) is 1.51. The van der Waals surface area contributed by atoms with Gasteiger partial charge in [0.2, 0.25) is 0 Å². The summed E-state index contributed by atoms with van der Waals surface area (Å²) in [7, 11) is -1.30. The highest BCUT2D eigenvalue weighted by molar-refractivity contribution is 9.09. The minimum Gasteiger partial charge on any atom is -0.376 e. The quantitative estimate of drug-likeness (QED) is 0.719.